The van der Waals surface area contributed by atoms with Crippen LogP contribution in [0.2, 0.25) is 5.02 Å². The Labute approximate surface area is 370 Å². The van der Waals surface area contributed by atoms with E-state index in [4.69, 9.17) is 16.0 Å². The van der Waals surface area contributed by atoms with Crippen LogP contribution in [0.1, 0.15) is 96.7 Å². The standard InChI is InChI=1S/C52H50ClF3N2O5/c1-33-10-9-26-50(2)44(25-27-51(50,62)32-58(49(61)57-38-14-4-3-5-15-38)31-36-13-8-12-35-11-6-7-16-40(35)36)41-21-18-34(28-39(59)20-17-33)29-42(41)48(60)47-24-23-46(63-47)43-30-37(52(54,55)56)19-22-45(43)53/h3-8,10-16,18-19,21-24,29-30,39,44,59,62H,9,17,20,25-28,31-32H2,1-2H3,(H,57,61)/t39-,44-,50-,51+/m0/s1. The zero-order valence-electron chi connectivity index (χ0n) is 35.2. The van der Waals surface area contributed by atoms with Crippen LogP contribution >= 0.6 is 11.6 Å². The van der Waals surface area contributed by atoms with Gasteiger partial charge in [-0.3, -0.25) is 4.79 Å². The third-order valence-corrected chi connectivity index (χ3v) is 13.6. The number of fused-ring (bicyclic) bond motifs is 9. The molecule has 7 nitrogen and oxygen atoms in total. The molecule has 326 valence electrons. The number of allylic oxidation sites excluding steroid dienone is 2. The first-order valence-electron chi connectivity index (χ1n) is 21.4. The number of nitrogens with zero attached hydrogens (tertiary/aromatic N) is 1. The van der Waals surface area contributed by atoms with Crippen molar-refractivity contribution in [2.75, 3.05) is 11.9 Å². The molecular formula is C52H50ClF3N2O5. The van der Waals surface area contributed by atoms with Gasteiger partial charge in [-0.1, -0.05) is 103 Å². The number of benzene rings is 5. The summed E-state index contributed by atoms with van der Waals surface area (Å²) in [5.41, 5.74) is 1.19. The molecule has 4 atom stereocenters. The van der Waals surface area contributed by atoms with Gasteiger partial charge in [0.05, 0.1) is 28.8 Å². The second-order valence-corrected chi connectivity index (χ2v) is 17.8. The third-order valence-electron chi connectivity index (χ3n) is 13.3. The van der Waals surface area contributed by atoms with E-state index in [0.29, 0.717) is 61.8 Å². The first kappa shape index (κ1) is 43.9. The number of aliphatic hydroxyl groups excluding tert-OH is 1. The van der Waals surface area contributed by atoms with Crippen LogP contribution < -0.4 is 5.32 Å². The molecule has 3 N–H and O–H groups in total. The molecule has 0 unspecified atom stereocenters. The average Bonchev–Trinajstić information content (AvgIpc) is 3.85. The van der Waals surface area contributed by atoms with Gasteiger partial charge >= 0.3 is 12.2 Å². The van der Waals surface area contributed by atoms with Crippen LogP contribution in [0.3, 0.4) is 0 Å². The molecule has 2 amide bonds. The number of alkyl halides is 3. The van der Waals surface area contributed by atoms with Crippen molar-refractivity contribution in [2.24, 2.45) is 5.41 Å². The first-order chi connectivity index (χ1) is 30.1. The minimum atomic E-state index is -4.62. The Kier molecular flexibility index (Phi) is 12.4. The van der Waals surface area contributed by atoms with Gasteiger partial charge in [-0.2, -0.15) is 13.2 Å². The van der Waals surface area contributed by atoms with Crippen molar-refractivity contribution < 1.29 is 37.4 Å². The van der Waals surface area contributed by atoms with Crippen LogP contribution in [0.4, 0.5) is 23.7 Å². The highest BCUT2D eigenvalue weighted by Crippen LogP contribution is 2.59. The Morgan fingerprint density at radius 3 is 2.46 bits per heavy atom. The molecule has 9 rings (SSSR count). The van der Waals surface area contributed by atoms with Gasteiger partial charge in [-0.25, -0.2) is 4.79 Å². The van der Waals surface area contributed by atoms with Crippen LogP contribution in [0, 0.1) is 5.41 Å². The SMILES string of the molecule is CC1=CCC[C@@]2(C)[C@@H](CC[C@@]2(O)CN(Cc2cccc3ccccc23)C(=O)Nc2ccccc2)c2ccc(cc2C(=O)c2ccc(-c3cc(C(F)(F)F)ccc3Cl)o2)C[C@@H](O)CC1. The van der Waals surface area contributed by atoms with E-state index in [9.17, 15) is 33.0 Å². The highest BCUT2D eigenvalue weighted by atomic mass is 35.5. The number of nitrogens with one attached hydrogen (secondary N) is 1. The molecule has 2 bridgehead atoms. The fourth-order valence-electron chi connectivity index (χ4n) is 9.70. The maximum atomic E-state index is 14.8. The van der Waals surface area contributed by atoms with Gasteiger partial charge in [-0.15, -0.1) is 0 Å². The summed E-state index contributed by atoms with van der Waals surface area (Å²) < 4.78 is 47.1. The fraction of sp³-hybridized carbons (Fsp3) is 0.308. The molecule has 6 aromatic rings. The molecule has 0 spiro atoms. The molecule has 5 aromatic carbocycles. The number of carbonyl (C=O) groups is 2. The van der Waals surface area contributed by atoms with E-state index < -0.39 is 34.6 Å². The second-order valence-electron chi connectivity index (χ2n) is 17.4. The summed E-state index contributed by atoms with van der Waals surface area (Å²) in [6.07, 6.45) is 0.293. The molecule has 3 aliphatic carbocycles. The number of carbonyl (C=O) groups excluding carboxylic acids is 2. The highest BCUT2D eigenvalue weighted by Gasteiger charge is 2.58. The predicted octanol–water partition coefficient (Wildman–Crippen LogP) is 12.8. The lowest BCUT2D eigenvalue weighted by Gasteiger charge is -2.46. The molecule has 1 fully saturated rings. The van der Waals surface area contributed by atoms with E-state index >= 15 is 0 Å². The topological polar surface area (TPSA) is 103 Å². The normalized spacial score (nSPS) is 21.7. The highest BCUT2D eigenvalue weighted by molar-refractivity contribution is 6.33. The quantitative estimate of drug-likeness (QED) is 0.104. The summed E-state index contributed by atoms with van der Waals surface area (Å²) in [6.45, 7) is 4.32. The lowest BCUT2D eigenvalue weighted by molar-refractivity contribution is -0.137. The summed E-state index contributed by atoms with van der Waals surface area (Å²) >= 11 is 6.37. The summed E-state index contributed by atoms with van der Waals surface area (Å²) in [4.78, 5) is 30.9. The number of rotatable bonds is 8. The Morgan fingerprint density at radius 2 is 1.67 bits per heavy atom. The van der Waals surface area contributed by atoms with Crippen molar-refractivity contribution in [3.63, 3.8) is 0 Å². The molecule has 63 heavy (non-hydrogen) atoms. The van der Waals surface area contributed by atoms with Crippen molar-refractivity contribution in [1.82, 2.24) is 4.90 Å². The third kappa shape index (κ3) is 9.21. The molecule has 3 aliphatic rings. The van der Waals surface area contributed by atoms with Crippen LogP contribution in [-0.4, -0.2) is 45.2 Å². The maximum Gasteiger partial charge on any atom is 0.416 e. The van der Waals surface area contributed by atoms with E-state index in [-0.39, 0.29) is 47.1 Å². The number of para-hydroxylation sites is 1. The summed E-state index contributed by atoms with van der Waals surface area (Å²) in [5, 5.41) is 29.5. The molecule has 1 aromatic heterocycles. The van der Waals surface area contributed by atoms with Gasteiger partial charge in [0.1, 0.15) is 5.76 Å². The van der Waals surface area contributed by atoms with Gasteiger partial charge in [0, 0.05) is 28.8 Å². The first-order valence-corrected chi connectivity index (χ1v) is 21.8. The second kappa shape index (κ2) is 17.8. The monoisotopic (exact) mass is 874 g/mol. The van der Waals surface area contributed by atoms with Crippen molar-refractivity contribution in [1.29, 1.82) is 0 Å². The molecule has 0 radical (unpaired) electrons. The zero-order chi connectivity index (χ0) is 44.5. The molecule has 11 heteroatoms. The van der Waals surface area contributed by atoms with Crippen molar-refractivity contribution in [3.05, 3.63) is 172 Å². The van der Waals surface area contributed by atoms with Gasteiger partial charge in [0.25, 0.3) is 0 Å². The fourth-order valence-corrected chi connectivity index (χ4v) is 9.91. The Bertz CT molecular complexity index is 2670. The minimum Gasteiger partial charge on any atom is -0.453 e. The van der Waals surface area contributed by atoms with E-state index in [1.54, 1.807) is 11.0 Å². The average molecular weight is 875 g/mol. The number of hydrogen-bond acceptors (Lipinski definition) is 5. The van der Waals surface area contributed by atoms with Crippen molar-refractivity contribution in [2.45, 2.75) is 89.1 Å². The number of halogens is 4. The Hall–Kier alpha value is -5.68. The maximum absolute atomic E-state index is 14.8. The van der Waals surface area contributed by atoms with Crippen LogP contribution in [0.25, 0.3) is 22.1 Å². The Balaban J connectivity index is 1.20. The number of furan rings is 1. The van der Waals surface area contributed by atoms with E-state index in [2.05, 4.69) is 18.3 Å². The smallest absolute Gasteiger partial charge is 0.416 e. The largest absolute Gasteiger partial charge is 0.453 e. The zero-order valence-corrected chi connectivity index (χ0v) is 36.0. The van der Waals surface area contributed by atoms with Crippen molar-refractivity contribution >= 4 is 39.9 Å². The predicted molar refractivity (Wildman–Crippen MR) is 241 cm³/mol. The van der Waals surface area contributed by atoms with Gasteiger partial charge < -0.3 is 24.8 Å². The van der Waals surface area contributed by atoms with Crippen LogP contribution in [0.5, 0.6) is 0 Å². The number of aliphatic hydroxyl groups is 2. The van der Waals surface area contributed by atoms with E-state index in [0.717, 1.165) is 45.7 Å². The number of ketones is 1. The molecule has 1 heterocycles. The summed E-state index contributed by atoms with van der Waals surface area (Å²) in [6, 6.07) is 34.3. The van der Waals surface area contributed by atoms with E-state index in [1.165, 1.54) is 12.1 Å². The summed E-state index contributed by atoms with van der Waals surface area (Å²) in [7, 11) is 0. The van der Waals surface area contributed by atoms with Gasteiger partial charge in [-0.05, 0) is 134 Å². The Morgan fingerprint density at radius 1 is 0.905 bits per heavy atom. The van der Waals surface area contributed by atoms with Crippen LogP contribution in [-0.2, 0) is 19.1 Å². The number of anilines is 1. The number of amides is 2. The van der Waals surface area contributed by atoms with Gasteiger partial charge in [0.2, 0.25) is 5.78 Å². The number of urea groups is 1. The van der Waals surface area contributed by atoms with E-state index in [1.807, 2.05) is 91.9 Å². The van der Waals surface area contributed by atoms with Crippen LogP contribution in [0.15, 0.2) is 137 Å². The lowest BCUT2D eigenvalue weighted by Crippen LogP contribution is -2.54. The molecular weight excluding hydrogens is 825 g/mol. The molecule has 0 aliphatic heterocycles. The molecule has 0 saturated heterocycles. The minimum absolute atomic E-state index is 0.00164. The van der Waals surface area contributed by atoms with Crippen molar-refractivity contribution in [3.8, 4) is 11.3 Å². The lowest BCUT2D eigenvalue weighted by atomic mass is 9.64. The summed E-state index contributed by atoms with van der Waals surface area (Å²) in [5.74, 6) is -0.949. The van der Waals surface area contributed by atoms with Gasteiger partial charge in [0.15, 0.2) is 5.76 Å². The number of hydrogen-bond donors (Lipinski definition) is 3. The molecule has 1 saturated carbocycles.